The van der Waals surface area contributed by atoms with Crippen LogP contribution < -0.4 is 10.2 Å². The molecule has 1 N–H and O–H groups in total. The van der Waals surface area contributed by atoms with Crippen molar-refractivity contribution in [2.24, 2.45) is 0 Å². The first-order chi connectivity index (χ1) is 12.2. The predicted octanol–water partition coefficient (Wildman–Crippen LogP) is 3.78. The van der Waals surface area contributed by atoms with Crippen LogP contribution in [0.15, 0.2) is 48.7 Å². The normalized spacial score (nSPS) is 15.5. The third-order valence-corrected chi connectivity index (χ3v) is 4.87. The number of halogens is 1. The summed E-state index contributed by atoms with van der Waals surface area (Å²) in [4.78, 5) is 13.7. The van der Waals surface area contributed by atoms with Gasteiger partial charge in [-0.05, 0) is 37.4 Å². The average Bonchev–Trinajstić information content (AvgIpc) is 2.63. The maximum Gasteiger partial charge on any atom is 0.227 e. The number of likely N-dealkylation sites (N-methyl/N-ethyl adjacent to an activating group) is 1. The van der Waals surface area contributed by atoms with Crippen LogP contribution in [0.1, 0.15) is 0 Å². The molecule has 0 spiro atoms. The molecule has 1 saturated heterocycles. The molecule has 0 amide bonds. The van der Waals surface area contributed by atoms with E-state index >= 15 is 0 Å². The Bertz CT molecular complexity index is 890. The lowest BCUT2D eigenvalue weighted by atomic mass is 10.2. The standard InChI is InChI=1S/C19H20ClN5/c1-24-8-10-25(11-9-24)15-5-2-4-14(12-15)22-19-21-13-16-17(20)6-3-7-18(16)23-19/h2-7,12-13H,8-11H2,1H3,(H,21,22,23). The summed E-state index contributed by atoms with van der Waals surface area (Å²) in [6, 6.07) is 14.1. The van der Waals surface area contributed by atoms with Crippen LogP contribution in [0, 0.1) is 0 Å². The number of anilines is 3. The molecule has 0 unspecified atom stereocenters. The fraction of sp³-hybridized carbons (Fsp3) is 0.263. The largest absolute Gasteiger partial charge is 0.369 e. The van der Waals surface area contributed by atoms with E-state index in [1.165, 1.54) is 5.69 Å². The van der Waals surface area contributed by atoms with Crippen LogP contribution >= 0.6 is 11.6 Å². The van der Waals surface area contributed by atoms with Gasteiger partial charge in [0.05, 0.1) is 10.5 Å². The second-order valence-corrected chi connectivity index (χ2v) is 6.74. The predicted molar refractivity (Wildman–Crippen MR) is 104 cm³/mol. The number of hydrogen-bond donors (Lipinski definition) is 1. The Hall–Kier alpha value is -2.37. The minimum atomic E-state index is 0.574. The van der Waals surface area contributed by atoms with Crippen molar-refractivity contribution in [1.82, 2.24) is 14.9 Å². The molecule has 0 aliphatic carbocycles. The van der Waals surface area contributed by atoms with Crippen molar-refractivity contribution in [3.05, 3.63) is 53.7 Å². The van der Waals surface area contributed by atoms with Crippen molar-refractivity contribution in [2.75, 3.05) is 43.4 Å². The summed E-state index contributed by atoms with van der Waals surface area (Å²) in [6.45, 7) is 4.27. The highest BCUT2D eigenvalue weighted by Gasteiger charge is 2.14. The molecule has 128 valence electrons. The molecule has 4 rings (SSSR count). The van der Waals surface area contributed by atoms with E-state index in [0.717, 1.165) is 42.8 Å². The van der Waals surface area contributed by atoms with Crippen LogP contribution in [-0.4, -0.2) is 48.1 Å². The highest BCUT2D eigenvalue weighted by molar-refractivity contribution is 6.35. The van der Waals surface area contributed by atoms with Gasteiger partial charge in [-0.1, -0.05) is 23.7 Å². The number of aromatic nitrogens is 2. The number of piperazine rings is 1. The van der Waals surface area contributed by atoms with Crippen LogP contribution in [0.5, 0.6) is 0 Å². The second-order valence-electron chi connectivity index (χ2n) is 6.33. The first-order valence-electron chi connectivity index (χ1n) is 8.41. The van der Waals surface area contributed by atoms with Gasteiger partial charge in [-0.3, -0.25) is 0 Å². The molecule has 1 aliphatic rings. The van der Waals surface area contributed by atoms with Crippen LogP contribution in [0.4, 0.5) is 17.3 Å². The second kappa shape index (κ2) is 6.86. The van der Waals surface area contributed by atoms with E-state index < -0.39 is 0 Å². The zero-order valence-corrected chi connectivity index (χ0v) is 14.9. The molecule has 0 bridgehead atoms. The lowest BCUT2D eigenvalue weighted by Gasteiger charge is -2.34. The van der Waals surface area contributed by atoms with Crippen molar-refractivity contribution in [2.45, 2.75) is 0 Å². The number of fused-ring (bicyclic) bond motifs is 1. The molecule has 3 aromatic rings. The third-order valence-electron chi connectivity index (χ3n) is 4.54. The molecule has 2 aromatic carbocycles. The summed E-state index contributed by atoms with van der Waals surface area (Å²) in [5.41, 5.74) is 3.04. The van der Waals surface area contributed by atoms with Gasteiger partial charge < -0.3 is 15.1 Å². The summed E-state index contributed by atoms with van der Waals surface area (Å²) < 4.78 is 0. The van der Waals surface area contributed by atoms with E-state index in [0.29, 0.717) is 11.0 Å². The maximum absolute atomic E-state index is 6.18. The van der Waals surface area contributed by atoms with Crippen LogP contribution in [-0.2, 0) is 0 Å². The minimum Gasteiger partial charge on any atom is -0.369 e. The highest BCUT2D eigenvalue weighted by atomic mass is 35.5. The van der Waals surface area contributed by atoms with Gasteiger partial charge in [0, 0.05) is 49.1 Å². The highest BCUT2D eigenvalue weighted by Crippen LogP contribution is 2.25. The van der Waals surface area contributed by atoms with Gasteiger partial charge in [0.15, 0.2) is 0 Å². The summed E-state index contributed by atoms with van der Waals surface area (Å²) in [6.07, 6.45) is 1.76. The van der Waals surface area contributed by atoms with Crippen LogP contribution in [0.2, 0.25) is 5.02 Å². The first kappa shape index (κ1) is 16.1. The van der Waals surface area contributed by atoms with Crippen LogP contribution in [0.25, 0.3) is 10.9 Å². The fourth-order valence-corrected chi connectivity index (χ4v) is 3.27. The Morgan fingerprint density at radius 2 is 1.84 bits per heavy atom. The van der Waals surface area contributed by atoms with Gasteiger partial charge in [0.1, 0.15) is 0 Å². The van der Waals surface area contributed by atoms with Crippen molar-refractivity contribution >= 4 is 39.8 Å². The zero-order valence-electron chi connectivity index (χ0n) is 14.1. The Labute approximate surface area is 152 Å². The summed E-state index contributed by atoms with van der Waals surface area (Å²) >= 11 is 6.18. The van der Waals surface area contributed by atoms with E-state index in [1.807, 2.05) is 24.3 Å². The molecule has 0 atom stereocenters. The average molecular weight is 354 g/mol. The van der Waals surface area contributed by atoms with Gasteiger partial charge in [-0.2, -0.15) is 0 Å². The molecule has 1 aromatic heterocycles. The molecular formula is C19H20ClN5. The Morgan fingerprint density at radius 1 is 1.04 bits per heavy atom. The molecule has 1 fully saturated rings. The molecular weight excluding hydrogens is 334 g/mol. The number of benzene rings is 2. The molecule has 2 heterocycles. The summed E-state index contributed by atoms with van der Waals surface area (Å²) in [5.74, 6) is 0.574. The topological polar surface area (TPSA) is 44.3 Å². The van der Waals surface area contributed by atoms with Crippen molar-refractivity contribution in [3.8, 4) is 0 Å². The Balaban J connectivity index is 1.56. The monoisotopic (exact) mass is 353 g/mol. The molecule has 6 heteroatoms. The smallest absolute Gasteiger partial charge is 0.227 e. The van der Waals surface area contributed by atoms with Gasteiger partial charge >= 0.3 is 0 Å². The van der Waals surface area contributed by atoms with Gasteiger partial charge in [0.2, 0.25) is 5.95 Å². The fourth-order valence-electron chi connectivity index (χ4n) is 3.05. The minimum absolute atomic E-state index is 0.574. The van der Waals surface area contributed by atoms with Crippen LogP contribution in [0.3, 0.4) is 0 Å². The summed E-state index contributed by atoms with van der Waals surface area (Å²) in [7, 11) is 2.17. The Morgan fingerprint density at radius 3 is 2.68 bits per heavy atom. The number of nitrogens with zero attached hydrogens (tertiary/aromatic N) is 4. The molecule has 0 radical (unpaired) electrons. The van der Waals surface area contributed by atoms with Gasteiger partial charge in [-0.15, -0.1) is 0 Å². The molecule has 1 aliphatic heterocycles. The van der Waals surface area contributed by atoms with E-state index in [1.54, 1.807) is 6.20 Å². The maximum atomic E-state index is 6.18. The number of rotatable bonds is 3. The van der Waals surface area contributed by atoms with Crippen molar-refractivity contribution in [1.29, 1.82) is 0 Å². The van der Waals surface area contributed by atoms with Crippen molar-refractivity contribution < 1.29 is 0 Å². The van der Waals surface area contributed by atoms with Gasteiger partial charge in [0.25, 0.3) is 0 Å². The number of nitrogens with one attached hydrogen (secondary N) is 1. The molecule has 5 nitrogen and oxygen atoms in total. The van der Waals surface area contributed by atoms with E-state index in [4.69, 9.17) is 11.6 Å². The van der Waals surface area contributed by atoms with Gasteiger partial charge in [-0.25, -0.2) is 9.97 Å². The van der Waals surface area contributed by atoms with E-state index in [2.05, 4.69) is 50.3 Å². The third kappa shape index (κ3) is 3.52. The SMILES string of the molecule is CN1CCN(c2cccc(Nc3ncc4c(Cl)cccc4n3)c2)CC1. The summed E-state index contributed by atoms with van der Waals surface area (Å²) in [5, 5.41) is 4.83. The van der Waals surface area contributed by atoms with E-state index in [9.17, 15) is 0 Å². The first-order valence-corrected chi connectivity index (χ1v) is 8.79. The zero-order chi connectivity index (χ0) is 17.2. The lowest BCUT2D eigenvalue weighted by Crippen LogP contribution is -2.44. The lowest BCUT2D eigenvalue weighted by molar-refractivity contribution is 0.313. The quantitative estimate of drug-likeness (QED) is 0.776. The molecule has 0 saturated carbocycles. The number of hydrogen-bond acceptors (Lipinski definition) is 5. The van der Waals surface area contributed by atoms with Crippen molar-refractivity contribution in [3.63, 3.8) is 0 Å². The van der Waals surface area contributed by atoms with E-state index in [-0.39, 0.29) is 0 Å². The molecule has 25 heavy (non-hydrogen) atoms. The Kier molecular flexibility index (Phi) is 4.42.